The molecule has 0 amide bonds. The highest BCUT2D eigenvalue weighted by Gasteiger charge is 2.13. The maximum atomic E-state index is 10.3. The first-order chi connectivity index (χ1) is 5.59. The molecule has 0 spiro atoms. The molecule has 0 saturated carbocycles. The summed E-state index contributed by atoms with van der Waals surface area (Å²) in [5.74, 6) is -1.11. The van der Waals surface area contributed by atoms with Crippen molar-refractivity contribution in [3.8, 4) is 0 Å². The third-order valence-electron chi connectivity index (χ3n) is 0.870. The van der Waals surface area contributed by atoms with Crippen LogP contribution in [0.3, 0.4) is 0 Å². The molecule has 1 aromatic rings. The lowest BCUT2D eigenvalue weighted by Gasteiger charge is -1.92. The van der Waals surface area contributed by atoms with Crippen LogP contribution in [0.2, 0.25) is 0 Å². The van der Waals surface area contributed by atoms with E-state index in [1.165, 1.54) is 0 Å². The largest absolute Gasteiger partial charge is 0.414 e. The van der Waals surface area contributed by atoms with Gasteiger partial charge in [-0.2, -0.15) is 0 Å². The van der Waals surface area contributed by atoms with E-state index in [0.29, 0.717) is 4.85 Å². The molecular weight excluding hydrogens is 168 g/mol. The molecule has 1 aromatic heterocycles. The Labute approximate surface area is 65.8 Å². The van der Waals surface area contributed by atoms with Crippen LogP contribution in [0.5, 0.6) is 0 Å². The number of nitrogens with zero attached hydrogens (tertiary/aromatic N) is 4. The minimum Gasteiger partial charge on any atom is -0.358 e. The summed E-state index contributed by atoms with van der Waals surface area (Å²) in [6, 6.07) is 0. The highest BCUT2D eigenvalue weighted by Crippen LogP contribution is 2.00. The van der Waals surface area contributed by atoms with E-state index in [1.807, 2.05) is 0 Å². The van der Waals surface area contributed by atoms with Crippen LogP contribution < -0.4 is 4.84 Å². The molecule has 0 aliphatic rings. The van der Waals surface area contributed by atoms with Gasteiger partial charge in [0, 0.05) is 6.92 Å². The first-order valence-corrected chi connectivity index (χ1v) is 2.85. The van der Waals surface area contributed by atoms with Gasteiger partial charge in [0.05, 0.1) is 5.21 Å². The van der Waals surface area contributed by atoms with Gasteiger partial charge in [-0.25, -0.2) is 4.79 Å². The standard InChI is InChI=1S/C4H4N4O4/c1-3(9)12-7-2-4(5-6-7)8(10)11/h2H,1H3. The monoisotopic (exact) mass is 172 g/mol. The van der Waals surface area contributed by atoms with Crippen molar-refractivity contribution in [1.82, 2.24) is 15.2 Å². The molecule has 0 aliphatic heterocycles. The third kappa shape index (κ3) is 1.75. The number of rotatable bonds is 2. The highest BCUT2D eigenvalue weighted by molar-refractivity contribution is 5.66. The maximum absolute atomic E-state index is 10.3. The molecule has 8 nitrogen and oxygen atoms in total. The lowest BCUT2D eigenvalue weighted by Crippen LogP contribution is -2.16. The van der Waals surface area contributed by atoms with Gasteiger partial charge in [-0.15, -0.1) is 0 Å². The quantitative estimate of drug-likeness (QED) is 0.327. The zero-order chi connectivity index (χ0) is 9.14. The fraction of sp³-hybridized carbons (Fsp3) is 0.250. The van der Waals surface area contributed by atoms with Gasteiger partial charge in [0.2, 0.25) is 0 Å². The molecule has 0 bridgehead atoms. The van der Waals surface area contributed by atoms with Crippen molar-refractivity contribution < 1.29 is 14.6 Å². The second-order valence-corrected chi connectivity index (χ2v) is 1.82. The molecule has 0 radical (unpaired) electrons. The van der Waals surface area contributed by atoms with E-state index >= 15 is 0 Å². The van der Waals surface area contributed by atoms with Crippen molar-refractivity contribution in [2.24, 2.45) is 0 Å². The zero-order valence-corrected chi connectivity index (χ0v) is 6.00. The van der Waals surface area contributed by atoms with Crippen molar-refractivity contribution in [3.63, 3.8) is 0 Å². The molecule has 0 fully saturated rings. The number of nitro groups is 1. The number of hydrogen-bond acceptors (Lipinski definition) is 6. The molecule has 1 heterocycles. The van der Waals surface area contributed by atoms with Crippen LogP contribution in [0.25, 0.3) is 0 Å². The topological polar surface area (TPSA) is 100 Å². The van der Waals surface area contributed by atoms with E-state index in [0.717, 1.165) is 13.1 Å². The molecule has 0 saturated heterocycles. The highest BCUT2D eigenvalue weighted by atomic mass is 16.7. The second-order valence-electron chi connectivity index (χ2n) is 1.82. The van der Waals surface area contributed by atoms with Crippen molar-refractivity contribution in [2.75, 3.05) is 0 Å². The predicted molar refractivity (Wildman–Crippen MR) is 33.9 cm³/mol. The molecule has 0 unspecified atom stereocenters. The fourth-order valence-electron chi connectivity index (χ4n) is 0.500. The first kappa shape index (κ1) is 8.11. The molecule has 0 aromatic carbocycles. The van der Waals surface area contributed by atoms with Gasteiger partial charge in [-0.3, -0.25) is 0 Å². The van der Waals surface area contributed by atoms with E-state index in [-0.39, 0.29) is 0 Å². The Morgan fingerprint density at radius 3 is 2.92 bits per heavy atom. The van der Waals surface area contributed by atoms with Crippen LogP contribution in [0.1, 0.15) is 6.92 Å². The average Bonchev–Trinajstić information content (AvgIpc) is 2.34. The lowest BCUT2D eigenvalue weighted by molar-refractivity contribution is -0.389. The Morgan fingerprint density at radius 1 is 1.83 bits per heavy atom. The van der Waals surface area contributed by atoms with E-state index in [1.54, 1.807) is 0 Å². The van der Waals surface area contributed by atoms with E-state index in [9.17, 15) is 14.9 Å². The zero-order valence-electron chi connectivity index (χ0n) is 6.00. The van der Waals surface area contributed by atoms with Crippen molar-refractivity contribution in [3.05, 3.63) is 16.3 Å². The first-order valence-electron chi connectivity index (χ1n) is 2.85. The van der Waals surface area contributed by atoms with Gasteiger partial charge in [-0.1, -0.05) is 0 Å². The molecule has 1 rings (SSSR count). The summed E-state index contributed by atoms with van der Waals surface area (Å²) >= 11 is 0. The Morgan fingerprint density at radius 2 is 2.50 bits per heavy atom. The van der Waals surface area contributed by atoms with Gasteiger partial charge in [0.1, 0.15) is 5.10 Å². The third-order valence-corrected chi connectivity index (χ3v) is 0.870. The Hall–Kier alpha value is -1.99. The van der Waals surface area contributed by atoms with Crippen molar-refractivity contribution in [1.29, 1.82) is 0 Å². The van der Waals surface area contributed by atoms with Crippen LogP contribution in [0.4, 0.5) is 5.82 Å². The molecule has 0 atom stereocenters. The molecule has 0 aliphatic carbocycles. The van der Waals surface area contributed by atoms with Crippen molar-refractivity contribution >= 4 is 11.8 Å². The summed E-state index contributed by atoms with van der Waals surface area (Å²) in [5, 5.41) is 16.3. The van der Waals surface area contributed by atoms with Gasteiger partial charge in [-0.05, 0) is 9.77 Å². The summed E-state index contributed by atoms with van der Waals surface area (Å²) in [7, 11) is 0. The molecular formula is C4H4N4O4. The Bertz CT molecular complexity index is 319. The fourth-order valence-corrected chi connectivity index (χ4v) is 0.500. The number of carbonyl (C=O) groups excluding carboxylic acids is 1. The predicted octanol–water partition coefficient (Wildman–Crippen LogP) is -0.839. The van der Waals surface area contributed by atoms with Gasteiger partial charge in [0.25, 0.3) is 0 Å². The number of aromatic nitrogens is 3. The minimum absolute atomic E-state index is 0.476. The van der Waals surface area contributed by atoms with Crippen LogP contribution in [0.15, 0.2) is 6.20 Å². The normalized spacial score (nSPS) is 9.42. The average molecular weight is 172 g/mol. The Balaban J connectivity index is 2.77. The SMILES string of the molecule is CC(=O)On1cc([N+](=O)[O-])nn1. The van der Waals surface area contributed by atoms with Gasteiger partial charge >= 0.3 is 11.8 Å². The smallest absolute Gasteiger partial charge is 0.358 e. The van der Waals surface area contributed by atoms with Gasteiger partial charge < -0.3 is 15.0 Å². The van der Waals surface area contributed by atoms with Crippen LogP contribution in [-0.2, 0) is 4.79 Å². The van der Waals surface area contributed by atoms with Gasteiger partial charge in [0.15, 0.2) is 6.20 Å². The summed E-state index contributed by atoms with van der Waals surface area (Å²) in [4.78, 5) is 24.6. The summed E-state index contributed by atoms with van der Waals surface area (Å²) < 4.78 is 0. The lowest BCUT2D eigenvalue weighted by atomic mass is 10.8. The molecule has 64 valence electrons. The molecule has 12 heavy (non-hydrogen) atoms. The molecule has 8 heteroatoms. The number of carbonyl (C=O) groups is 1. The van der Waals surface area contributed by atoms with Crippen molar-refractivity contribution in [2.45, 2.75) is 6.92 Å². The van der Waals surface area contributed by atoms with Crippen LogP contribution in [0, 0.1) is 10.1 Å². The number of hydrogen-bond donors (Lipinski definition) is 0. The van der Waals surface area contributed by atoms with Crippen LogP contribution >= 0.6 is 0 Å². The van der Waals surface area contributed by atoms with E-state index in [4.69, 9.17) is 0 Å². The summed E-state index contributed by atoms with van der Waals surface area (Å²) in [6.45, 7) is 1.15. The van der Waals surface area contributed by atoms with Crippen LogP contribution in [-0.4, -0.2) is 26.0 Å². The Kier molecular flexibility index (Phi) is 1.99. The minimum atomic E-state index is -0.743. The summed E-state index contributed by atoms with van der Waals surface area (Å²) in [5.41, 5.74) is 0. The maximum Gasteiger partial charge on any atom is 0.414 e. The molecule has 0 N–H and O–H groups in total. The van der Waals surface area contributed by atoms with E-state index < -0.39 is 16.7 Å². The summed E-state index contributed by atoms with van der Waals surface area (Å²) in [6.07, 6.45) is 0.890. The second kappa shape index (κ2) is 2.95. The van der Waals surface area contributed by atoms with E-state index in [2.05, 4.69) is 15.1 Å².